The molecule has 0 unspecified atom stereocenters. The van der Waals surface area contributed by atoms with Crippen LogP contribution in [0, 0.1) is 6.92 Å². The molecule has 1 aromatic heterocycles. The third-order valence-corrected chi connectivity index (χ3v) is 5.80. The molecule has 2 amide bonds. The number of aromatic nitrogens is 3. The second-order valence-corrected chi connectivity index (χ2v) is 8.27. The molecule has 4 rings (SSSR count). The van der Waals surface area contributed by atoms with E-state index in [1.807, 2.05) is 73.7 Å². The maximum absolute atomic E-state index is 14.1. The van der Waals surface area contributed by atoms with Crippen molar-refractivity contribution in [1.29, 1.82) is 0 Å². The molecule has 0 saturated heterocycles. The first-order chi connectivity index (χ1) is 17.5. The van der Waals surface area contributed by atoms with Crippen LogP contribution in [0.4, 0.5) is 5.69 Å². The number of hydrogen-bond donors (Lipinski definition) is 1. The largest absolute Gasteiger partial charge is 0.495 e. The zero-order chi connectivity index (χ0) is 25.5. The number of aryl methyl sites for hydroxylation is 1. The SMILES string of the molecule is COCCNC(=O)[C@@H](c1ccccc1)N(C(=O)Cn1nnc2ccccc21)c1cc(C)ccc1OC. The summed E-state index contributed by atoms with van der Waals surface area (Å²) >= 11 is 0. The minimum absolute atomic E-state index is 0.119. The Balaban J connectivity index is 1.82. The van der Waals surface area contributed by atoms with Gasteiger partial charge in [-0.25, -0.2) is 4.68 Å². The van der Waals surface area contributed by atoms with Crippen LogP contribution in [0.25, 0.3) is 11.0 Å². The van der Waals surface area contributed by atoms with Crippen LogP contribution in [0.15, 0.2) is 72.8 Å². The molecule has 0 spiro atoms. The van der Waals surface area contributed by atoms with Gasteiger partial charge in [-0.3, -0.25) is 14.5 Å². The van der Waals surface area contributed by atoms with Gasteiger partial charge in [0.2, 0.25) is 11.8 Å². The maximum Gasteiger partial charge on any atom is 0.249 e. The van der Waals surface area contributed by atoms with Gasteiger partial charge in [-0.15, -0.1) is 5.10 Å². The molecule has 3 aromatic carbocycles. The predicted octanol–water partition coefficient (Wildman–Crippen LogP) is 3.29. The number of benzene rings is 3. The first-order valence-electron chi connectivity index (χ1n) is 11.6. The number of hydrogen-bond acceptors (Lipinski definition) is 6. The van der Waals surface area contributed by atoms with E-state index in [1.165, 1.54) is 16.7 Å². The molecule has 0 aliphatic heterocycles. The Morgan fingerprint density at radius 1 is 1.03 bits per heavy atom. The second kappa shape index (κ2) is 11.5. The van der Waals surface area contributed by atoms with E-state index in [0.717, 1.165) is 11.1 Å². The van der Waals surface area contributed by atoms with E-state index in [1.54, 1.807) is 13.2 Å². The predicted molar refractivity (Wildman–Crippen MR) is 137 cm³/mol. The average molecular weight is 488 g/mol. The number of nitrogens with one attached hydrogen (secondary N) is 1. The second-order valence-electron chi connectivity index (χ2n) is 8.27. The molecule has 0 aliphatic carbocycles. The Morgan fingerprint density at radius 3 is 2.53 bits per heavy atom. The van der Waals surface area contributed by atoms with Crippen LogP contribution in [0.3, 0.4) is 0 Å². The number of para-hydroxylation sites is 1. The summed E-state index contributed by atoms with van der Waals surface area (Å²) in [5, 5.41) is 11.2. The molecule has 36 heavy (non-hydrogen) atoms. The van der Waals surface area contributed by atoms with Crippen molar-refractivity contribution in [2.45, 2.75) is 19.5 Å². The number of carbonyl (C=O) groups excluding carboxylic acids is 2. The number of ether oxygens (including phenoxy) is 2. The van der Waals surface area contributed by atoms with Crippen molar-refractivity contribution in [3.8, 4) is 5.75 Å². The first-order valence-corrected chi connectivity index (χ1v) is 11.6. The summed E-state index contributed by atoms with van der Waals surface area (Å²) in [5.41, 5.74) is 3.47. The monoisotopic (exact) mass is 487 g/mol. The summed E-state index contributed by atoms with van der Waals surface area (Å²) in [4.78, 5) is 29.1. The van der Waals surface area contributed by atoms with Crippen molar-refractivity contribution < 1.29 is 19.1 Å². The number of carbonyl (C=O) groups is 2. The number of fused-ring (bicyclic) bond motifs is 1. The zero-order valence-electron chi connectivity index (χ0n) is 20.5. The van der Waals surface area contributed by atoms with Crippen LogP contribution < -0.4 is 15.0 Å². The minimum Gasteiger partial charge on any atom is -0.495 e. The van der Waals surface area contributed by atoms with Crippen LogP contribution >= 0.6 is 0 Å². The first kappa shape index (κ1) is 24.9. The lowest BCUT2D eigenvalue weighted by molar-refractivity contribution is -0.127. The van der Waals surface area contributed by atoms with Crippen molar-refractivity contribution in [2.75, 3.05) is 32.3 Å². The molecule has 4 aromatic rings. The molecular weight excluding hydrogens is 458 g/mol. The van der Waals surface area contributed by atoms with Gasteiger partial charge in [0.15, 0.2) is 0 Å². The van der Waals surface area contributed by atoms with Crippen LogP contribution in [0.1, 0.15) is 17.2 Å². The summed E-state index contributed by atoms with van der Waals surface area (Å²) in [6.07, 6.45) is 0. The molecule has 0 saturated carbocycles. The van der Waals surface area contributed by atoms with E-state index in [9.17, 15) is 9.59 Å². The number of methoxy groups -OCH3 is 2. The molecule has 0 aliphatic rings. The van der Waals surface area contributed by atoms with Crippen molar-refractivity contribution in [2.24, 2.45) is 0 Å². The van der Waals surface area contributed by atoms with Gasteiger partial charge in [-0.2, -0.15) is 0 Å². The molecule has 0 radical (unpaired) electrons. The smallest absolute Gasteiger partial charge is 0.249 e. The Morgan fingerprint density at radius 2 is 1.78 bits per heavy atom. The quantitative estimate of drug-likeness (QED) is 0.345. The normalized spacial score (nSPS) is 11.8. The average Bonchev–Trinajstić information content (AvgIpc) is 3.30. The third-order valence-electron chi connectivity index (χ3n) is 5.80. The molecule has 1 heterocycles. The maximum atomic E-state index is 14.1. The molecule has 0 bridgehead atoms. The molecular formula is C27H29N5O4. The van der Waals surface area contributed by atoms with E-state index >= 15 is 0 Å². The minimum atomic E-state index is -0.957. The van der Waals surface area contributed by atoms with Crippen LogP contribution in [-0.4, -0.2) is 54.2 Å². The summed E-state index contributed by atoms with van der Waals surface area (Å²) in [6.45, 7) is 2.46. The van der Waals surface area contributed by atoms with E-state index in [2.05, 4.69) is 15.6 Å². The standard InChI is InChI=1S/C27H29N5O4/c1-19-13-14-24(36-3)23(17-19)32(25(33)18-31-22-12-8-7-11-21(22)29-30-31)26(20-9-5-4-6-10-20)27(34)28-15-16-35-2/h4-14,17,26H,15-16,18H2,1-3H3,(H,28,34)/t26-/m1/s1. The van der Waals surface area contributed by atoms with E-state index in [0.29, 0.717) is 35.7 Å². The highest BCUT2D eigenvalue weighted by Crippen LogP contribution is 2.36. The lowest BCUT2D eigenvalue weighted by Crippen LogP contribution is -2.46. The molecule has 186 valence electrons. The van der Waals surface area contributed by atoms with E-state index in [-0.39, 0.29) is 18.4 Å². The zero-order valence-corrected chi connectivity index (χ0v) is 20.5. The van der Waals surface area contributed by atoms with Gasteiger partial charge < -0.3 is 14.8 Å². The topological polar surface area (TPSA) is 98.6 Å². The summed E-state index contributed by atoms with van der Waals surface area (Å²) < 4.78 is 12.3. The summed E-state index contributed by atoms with van der Waals surface area (Å²) in [5.74, 6) is -0.202. The van der Waals surface area contributed by atoms with E-state index in [4.69, 9.17) is 9.47 Å². The van der Waals surface area contributed by atoms with Gasteiger partial charge >= 0.3 is 0 Å². The van der Waals surface area contributed by atoms with Crippen molar-refractivity contribution in [3.63, 3.8) is 0 Å². The molecule has 0 fully saturated rings. The molecule has 9 heteroatoms. The van der Waals surface area contributed by atoms with Gasteiger partial charge in [0.25, 0.3) is 0 Å². The Kier molecular flexibility index (Phi) is 7.92. The molecule has 1 atom stereocenters. The van der Waals surface area contributed by atoms with Gasteiger partial charge in [0.05, 0.1) is 24.9 Å². The Labute approximate surface area is 209 Å². The van der Waals surface area contributed by atoms with Crippen molar-refractivity contribution in [3.05, 3.63) is 83.9 Å². The highest BCUT2D eigenvalue weighted by atomic mass is 16.5. The van der Waals surface area contributed by atoms with Crippen molar-refractivity contribution in [1.82, 2.24) is 20.3 Å². The Hall–Kier alpha value is -4.24. The van der Waals surface area contributed by atoms with E-state index < -0.39 is 6.04 Å². The fourth-order valence-electron chi connectivity index (χ4n) is 4.07. The highest BCUT2D eigenvalue weighted by Gasteiger charge is 2.34. The van der Waals surface area contributed by atoms with Gasteiger partial charge in [0, 0.05) is 13.7 Å². The number of nitrogens with zero attached hydrogens (tertiary/aromatic N) is 4. The summed E-state index contributed by atoms with van der Waals surface area (Å²) in [6, 6.07) is 21.2. The number of rotatable bonds is 10. The van der Waals surface area contributed by atoms with Gasteiger partial charge in [0.1, 0.15) is 23.9 Å². The number of anilines is 1. The van der Waals surface area contributed by atoms with Crippen LogP contribution in [-0.2, 0) is 20.9 Å². The van der Waals surface area contributed by atoms with Crippen LogP contribution in [0.5, 0.6) is 5.75 Å². The van der Waals surface area contributed by atoms with Crippen molar-refractivity contribution >= 4 is 28.5 Å². The van der Waals surface area contributed by atoms with Crippen LogP contribution in [0.2, 0.25) is 0 Å². The summed E-state index contributed by atoms with van der Waals surface area (Å²) in [7, 11) is 3.11. The fourth-order valence-corrected chi connectivity index (χ4v) is 4.07. The molecule has 1 N–H and O–H groups in total. The fraction of sp³-hybridized carbons (Fsp3) is 0.259. The van der Waals surface area contributed by atoms with Gasteiger partial charge in [-0.05, 0) is 42.3 Å². The highest BCUT2D eigenvalue weighted by molar-refractivity contribution is 6.02. The lowest BCUT2D eigenvalue weighted by atomic mass is 10.0. The Bertz CT molecular complexity index is 1340. The molecule has 9 nitrogen and oxygen atoms in total. The third kappa shape index (κ3) is 5.36. The number of amides is 2. The lowest BCUT2D eigenvalue weighted by Gasteiger charge is -2.32. The van der Waals surface area contributed by atoms with Gasteiger partial charge in [-0.1, -0.05) is 53.7 Å².